The molecule has 0 saturated carbocycles. The number of ether oxygens (including phenoxy) is 1. The molecule has 2 aromatic rings. The van der Waals surface area contributed by atoms with Crippen LogP contribution in [0, 0.1) is 13.8 Å². The number of morpholine rings is 1. The molecule has 1 heterocycles. The molecular weight excluding hydrogens is 270 g/mol. The monoisotopic (exact) mass is 293 g/mol. The minimum Gasteiger partial charge on any atom is -0.378 e. The number of benzene rings is 2. The summed E-state index contributed by atoms with van der Waals surface area (Å²) in [6.07, 6.45) is 0. The molecule has 0 bridgehead atoms. The third kappa shape index (κ3) is 2.93. The van der Waals surface area contributed by atoms with Crippen molar-refractivity contribution < 1.29 is 4.74 Å². The first kappa shape index (κ1) is 14.9. The number of aryl methyl sites for hydroxylation is 2. The van der Waals surface area contributed by atoms with Crippen LogP contribution in [0.1, 0.15) is 22.3 Å². The summed E-state index contributed by atoms with van der Waals surface area (Å²) in [5.74, 6) is 0. The van der Waals surface area contributed by atoms with Gasteiger partial charge in [-0.15, -0.1) is 0 Å². The van der Waals surface area contributed by atoms with Crippen LogP contribution in [0.25, 0.3) is 5.57 Å². The lowest BCUT2D eigenvalue weighted by Crippen LogP contribution is -2.36. The van der Waals surface area contributed by atoms with E-state index in [1.54, 1.807) is 0 Å². The van der Waals surface area contributed by atoms with Crippen LogP contribution in [0.2, 0.25) is 0 Å². The zero-order valence-electron chi connectivity index (χ0n) is 13.4. The molecule has 0 spiro atoms. The number of rotatable bonds is 3. The summed E-state index contributed by atoms with van der Waals surface area (Å²) in [5.41, 5.74) is 7.36. The summed E-state index contributed by atoms with van der Waals surface area (Å²) in [6.45, 7) is 12.1. The van der Waals surface area contributed by atoms with Crippen LogP contribution < -0.4 is 4.90 Å². The van der Waals surface area contributed by atoms with Gasteiger partial charge in [0.25, 0.3) is 0 Å². The highest BCUT2D eigenvalue weighted by Crippen LogP contribution is 2.33. The maximum absolute atomic E-state index is 5.49. The fourth-order valence-electron chi connectivity index (χ4n) is 3.01. The van der Waals surface area contributed by atoms with Gasteiger partial charge < -0.3 is 9.64 Å². The lowest BCUT2D eigenvalue weighted by Gasteiger charge is -2.31. The van der Waals surface area contributed by atoms with Gasteiger partial charge in [-0.2, -0.15) is 0 Å². The van der Waals surface area contributed by atoms with Crippen LogP contribution in [0.4, 0.5) is 5.69 Å². The highest BCUT2D eigenvalue weighted by atomic mass is 16.5. The number of nitrogens with zero attached hydrogens (tertiary/aromatic N) is 1. The summed E-state index contributed by atoms with van der Waals surface area (Å²) in [6, 6.07) is 15.1. The molecule has 1 saturated heterocycles. The number of hydrogen-bond donors (Lipinski definition) is 0. The normalized spacial score (nSPS) is 14.9. The van der Waals surface area contributed by atoms with E-state index in [0.29, 0.717) is 0 Å². The van der Waals surface area contributed by atoms with Crippen molar-refractivity contribution in [3.8, 4) is 0 Å². The van der Waals surface area contributed by atoms with Crippen LogP contribution in [-0.2, 0) is 4.74 Å². The highest BCUT2D eigenvalue weighted by molar-refractivity contribution is 5.87. The Kier molecular flexibility index (Phi) is 4.30. The van der Waals surface area contributed by atoms with Crippen molar-refractivity contribution in [2.75, 3.05) is 31.2 Å². The Bertz CT molecular complexity index is 667. The van der Waals surface area contributed by atoms with Gasteiger partial charge in [0.2, 0.25) is 0 Å². The van der Waals surface area contributed by atoms with E-state index in [1.807, 2.05) is 0 Å². The molecule has 22 heavy (non-hydrogen) atoms. The fourth-order valence-corrected chi connectivity index (χ4v) is 3.01. The zero-order valence-corrected chi connectivity index (χ0v) is 13.4. The maximum atomic E-state index is 5.49. The quantitative estimate of drug-likeness (QED) is 0.841. The molecule has 2 heteroatoms. The van der Waals surface area contributed by atoms with Crippen LogP contribution >= 0.6 is 0 Å². The Morgan fingerprint density at radius 1 is 1.00 bits per heavy atom. The molecule has 0 aliphatic carbocycles. The Labute approximate surface area is 133 Å². The second-order valence-corrected chi connectivity index (χ2v) is 5.91. The minimum absolute atomic E-state index is 0.796. The summed E-state index contributed by atoms with van der Waals surface area (Å²) in [5, 5.41) is 0. The summed E-state index contributed by atoms with van der Waals surface area (Å²) in [4.78, 5) is 2.41. The van der Waals surface area contributed by atoms with Gasteiger partial charge in [0.15, 0.2) is 0 Å². The van der Waals surface area contributed by atoms with Crippen molar-refractivity contribution in [3.63, 3.8) is 0 Å². The second kappa shape index (κ2) is 6.37. The lowest BCUT2D eigenvalue weighted by molar-refractivity contribution is 0.122. The maximum Gasteiger partial charge on any atom is 0.0642 e. The number of anilines is 1. The first-order valence-corrected chi connectivity index (χ1v) is 7.85. The summed E-state index contributed by atoms with van der Waals surface area (Å²) >= 11 is 0. The minimum atomic E-state index is 0.796. The van der Waals surface area contributed by atoms with Crippen LogP contribution in [0.15, 0.2) is 49.0 Å². The van der Waals surface area contributed by atoms with Gasteiger partial charge in [0.1, 0.15) is 0 Å². The standard InChI is InChI=1S/C20H23NO/c1-15-7-9-18(10-8-15)17(3)20-16(2)5-4-6-19(20)21-11-13-22-14-12-21/h4-10H,3,11-14H2,1-2H3. The average molecular weight is 293 g/mol. The molecular formula is C20H23NO. The SMILES string of the molecule is C=C(c1ccc(C)cc1)c1c(C)cccc1N1CCOCC1. The van der Waals surface area contributed by atoms with Gasteiger partial charge in [-0.05, 0) is 36.6 Å². The van der Waals surface area contributed by atoms with Crippen molar-refractivity contribution >= 4 is 11.3 Å². The van der Waals surface area contributed by atoms with E-state index in [4.69, 9.17) is 4.74 Å². The fraction of sp³-hybridized carbons (Fsp3) is 0.300. The van der Waals surface area contributed by atoms with E-state index < -0.39 is 0 Å². The van der Waals surface area contributed by atoms with Crippen LogP contribution in [-0.4, -0.2) is 26.3 Å². The molecule has 1 fully saturated rings. The molecule has 2 aromatic carbocycles. The predicted molar refractivity (Wildman–Crippen MR) is 93.5 cm³/mol. The Balaban J connectivity index is 2.01. The molecule has 0 aromatic heterocycles. The van der Waals surface area contributed by atoms with E-state index >= 15 is 0 Å². The molecule has 1 aliphatic rings. The van der Waals surface area contributed by atoms with Gasteiger partial charge in [-0.1, -0.05) is 48.5 Å². The molecule has 114 valence electrons. The molecule has 0 unspecified atom stereocenters. The van der Waals surface area contributed by atoms with E-state index in [1.165, 1.54) is 27.9 Å². The van der Waals surface area contributed by atoms with E-state index in [-0.39, 0.29) is 0 Å². The van der Waals surface area contributed by atoms with Crippen molar-refractivity contribution in [3.05, 3.63) is 71.3 Å². The summed E-state index contributed by atoms with van der Waals surface area (Å²) in [7, 11) is 0. The Morgan fingerprint density at radius 3 is 2.36 bits per heavy atom. The first-order chi connectivity index (χ1) is 10.7. The van der Waals surface area contributed by atoms with Gasteiger partial charge in [-0.3, -0.25) is 0 Å². The van der Waals surface area contributed by atoms with Gasteiger partial charge in [0, 0.05) is 24.3 Å². The van der Waals surface area contributed by atoms with Crippen molar-refractivity contribution in [2.45, 2.75) is 13.8 Å². The molecule has 0 atom stereocenters. The topological polar surface area (TPSA) is 12.5 Å². The third-order valence-electron chi connectivity index (χ3n) is 4.30. The molecule has 1 aliphatic heterocycles. The van der Waals surface area contributed by atoms with E-state index in [9.17, 15) is 0 Å². The smallest absolute Gasteiger partial charge is 0.0642 e. The van der Waals surface area contributed by atoms with Crippen molar-refractivity contribution in [1.29, 1.82) is 0 Å². The molecule has 0 amide bonds. The lowest BCUT2D eigenvalue weighted by atomic mass is 9.93. The zero-order chi connectivity index (χ0) is 15.5. The van der Waals surface area contributed by atoms with Gasteiger partial charge >= 0.3 is 0 Å². The van der Waals surface area contributed by atoms with Crippen LogP contribution in [0.3, 0.4) is 0 Å². The highest BCUT2D eigenvalue weighted by Gasteiger charge is 2.18. The summed E-state index contributed by atoms with van der Waals surface area (Å²) < 4.78 is 5.49. The first-order valence-electron chi connectivity index (χ1n) is 7.85. The Morgan fingerprint density at radius 2 is 1.68 bits per heavy atom. The van der Waals surface area contributed by atoms with Gasteiger partial charge in [-0.25, -0.2) is 0 Å². The van der Waals surface area contributed by atoms with Gasteiger partial charge in [0.05, 0.1) is 13.2 Å². The largest absolute Gasteiger partial charge is 0.378 e. The second-order valence-electron chi connectivity index (χ2n) is 5.91. The molecule has 2 nitrogen and oxygen atoms in total. The molecule has 0 N–H and O–H groups in total. The Hall–Kier alpha value is -2.06. The third-order valence-corrected chi connectivity index (χ3v) is 4.30. The van der Waals surface area contributed by atoms with E-state index in [0.717, 1.165) is 31.9 Å². The number of hydrogen-bond acceptors (Lipinski definition) is 2. The molecule has 3 rings (SSSR count). The van der Waals surface area contributed by atoms with Crippen molar-refractivity contribution in [1.82, 2.24) is 0 Å². The predicted octanol–water partition coefficient (Wildman–Crippen LogP) is 4.20. The van der Waals surface area contributed by atoms with E-state index in [2.05, 4.69) is 67.8 Å². The van der Waals surface area contributed by atoms with Crippen LogP contribution in [0.5, 0.6) is 0 Å². The average Bonchev–Trinajstić information content (AvgIpc) is 2.55. The van der Waals surface area contributed by atoms with Crippen molar-refractivity contribution in [2.24, 2.45) is 0 Å². The molecule has 0 radical (unpaired) electrons.